The summed E-state index contributed by atoms with van der Waals surface area (Å²) in [4.78, 5) is 12.2. The maximum atomic E-state index is 12.2. The molecule has 0 heterocycles. The molecule has 0 aliphatic carbocycles. The second kappa shape index (κ2) is 5.87. The van der Waals surface area contributed by atoms with E-state index in [-0.39, 0.29) is 16.1 Å². The molecule has 1 amide bonds. The molecule has 0 atom stereocenters. The zero-order valence-electron chi connectivity index (χ0n) is 11.1. The lowest BCUT2D eigenvalue weighted by atomic mass is 10.2. The van der Waals surface area contributed by atoms with Crippen LogP contribution in [0.15, 0.2) is 51.8 Å². The van der Waals surface area contributed by atoms with Crippen LogP contribution in [0.3, 0.4) is 0 Å². The minimum atomic E-state index is -3.43. The van der Waals surface area contributed by atoms with Crippen molar-refractivity contribution >= 4 is 43.0 Å². The molecule has 0 unspecified atom stereocenters. The summed E-state index contributed by atoms with van der Waals surface area (Å²) >= 11 is 3.31. The van der Waals surface area contributed by atoms with Crippen molar-refractivity contribution in [2.45, 2.75) is 4.90 Å². The lowest BCUT2D eigenvalue weighted by Gasteiger charge is -2.08. The van der Waals surface area contributed by atoms with Crippen LogP contribution in [0.5, 0.6) is 0 Å². The van der Waals surface area contributed by atoms with Crippen molar-refractivity contribution in [3.63, 3.8) is 0 Å². The predicted molar refractivity (Wildman–Crippen MR) is 86.1 cm³/mol. The highest BCUT2D eigenvalue weighted by Gasteiger charge is 2.13. The highest BCUT2D eigenvalue weighted by molar-refractivity contribution is 9.10. The van der Waals surface area contributed by atoms with E-state index < -0.39 is 15.7 Å². The van der Waals surface area contributed by atoms with Crippen LogP contribution in [0, 0.1) is 0 Å². The minimum Gasteiger partial charge on any atom is -0.399 e. The van der Waals surface area contributed by atoms with Gasteiger partial charge in [-0.15, -0.1) is 0 Å². The number of carbonyl (C=O) groups excluding carboxylic acids is 1. The molecule has 110 valence electrons. The van der Waals surface area contributed by atoms with Crippen LogP contribution in [0.4, 0.5) is 11.4 Å². The van der Waals surface area contributed by atoms with Gasteiger partial charge < -0.3 is 11.1 Å². The first-order valence-electron chi connectivity index (χ1n) is 5.93. The third-order valence-corrected chi connectivity index (χ3v) is 4.29. The number of nitrogens with one attached hydrogen (secondary N) is 1. The molecule has 0 saturated heterocycles. The normalized spacial score (nSPS) is 11.1. The van der Waals surface area contributed by atoms with E-state index in [4.69, 9.17) is 5.73 Å². The minimum absolute atomic E-state index is 0.0156. The summed E-state index contributed by atoms with van der Waals surface area (Å²) in [5, 5.41) is 2.69. The van der Waals surface area contributed by atoms with Gasteiger partial charge in [0.25, 0.3) is 5.91 Å². The molecule has 0 bridgehead atoms. The fourth-order valence-corrected chi connectivity index (χ4v) is 2.83. The van der Waals surface area contributed by atoms with E-state index in [0.29, 0.717) is 5.69 Å². The summed E-state index contributed by atoms with van der Waals surface area (Å²) in [6, 6.07) is 11.1. The van der Waals surface area contributed by atoms with Crippen molar-refractivity contribution in [2.75, 3.05) is 17.3 Å². The predicted octanol–water partition coefficient (Wildman–Crippen LogP) is 2.69. The Morgan fingerprint density at radius 2 is 1.90 bits per heavy atom. The van der Waals surface area contributed by atoms with E-state index in [1.54, 1.807) is 18.2 Å². The second-order valence-electron chi connectivity index (χ2n) is 4.53. The van der Waals surface area contributed by atoms with E-state index >= 15 is 0 Å². The largest absolute Gasteiger partial charge is 0.399 e. The summed E-state index contributed by atoms with van der Waals surface area (Å²) in [6.07, 6.45) is 1.07. The fourth-order valence-electron chi connectivity index (χ4n) is 1.74. The summed E-state index contributed by atoms with van der Waals surface area (Å²) in [5.41, 5.74) is 6.66. The Kier molecular flexibility index (Phi) is 4.34. The van der Waals surface area contributed by atoms with Crippen LogP contribution in [-0.2, 0) is 9.84 Å². The summed E-state index contributed by atoms with van der Waals surface area (Å²) < 4.78 is 24.0. The molecule has 7 heteroatoms. The van der Waals surface area contributed by atoms with Crippen LogP contribution < -0.4 is 11.1 Å². The fraction of sp³-hybridized carbons (Fsp3) is 0.0714. The van der Waals surface area contributed by atoms with Gasteiger partial charge in [-0.2, -0.15) is 0 Å². The van der Waals surface area contributed by atoms with E-state index in [1.165, 1.54) is 18.2 Å². The average Bonchev–Trinajstić information content (AvgIpc) is 2.37. The number of carbonyl (C=O) groups is 1. The van der Waals surface area contributed by atoms with Gasteiger partial charge in [0.05, 0.1) is 4.90 Å². The number of hydrogen-bond acceptors (Lipinski definition) is 4. The number of amides is 1. The smallest absolute Gasteiger partial charge is 0.255 e. The molecule has 0 saturated carbocycles. The molecule has 0 fully saturated rings. The Morgan fingerprint density at radius 1 is 1.19 bits per heavy atom. The van der Waals surface area contributed by atoms with Crippen LogP contribution in [-0.4, -0.2) is 20.6 Å². The molecule has 21 heavy (non-hydrogen) atoms. The lowest BCUT2D eigenvalue weighted by molar-refractivity contribution is 0.102. The van der Waals surface area contributed by atoms with E-state index in [0.717, 1.165) is 10.7 Å². The second-order valence-corrected chi connectivity index (χ2v) is 7.46. The Hall–Kier alpha value is -1.86. The molecule has 0 aliphatic heterocycles. The number of benzene rings is 2. The molecule has 3 N–H and O–H groups in total. The molecule has 0 aromatic heterocycles. The van der Waals surface area contributed by atoms with Crippen LogP contribution in [0.25, 0.3) is 0 Å². The summed E-state index contributed by atoms with van der Waals surface area (Å²) in [5.74, 6) is -0.426. The summed E-state index contributed by atoms with van der Waals surface area (Å²) in [6.45, 7) is 0. The number of anilines is 2. The lowest BCUT2D eigenvalue weighted by Crippen LogP contribution is -2.13. The van der Waals surface area contributed by atoms with Gasteiger partial charge in [-0.05, 0) is 36.4 Å². The van der Waals surface area contributed by atoms with Crippen molar-refractivity contribution in [3.8, 4) is 0 Å². The number of sulfone groups is 1. The monoisotopic (exact) mass is 368 g/mol. The van der Waals surface area contributed by atoms with Crippen molar-refractivity contribution in [3.05, 3.63) is 52.5 Å². The zero-order valence-corrected chi connectivity index (χ0v) is 13.5. The van der Waals surface area contributed by atoms with Crippen LogP contribution in [0.2, 0.25) is 0 Å². The van der Waals surface area contributed by atoms with Gasteiger partial charge in [0, 0.05) is 27.7 Å². The number of hydrogen-bond donors (Lipinski definition) is 2. The Morgan fingerprint density at radius 3 is 2.52 bits per heavy atom. The van der Waals surface area contributed by atoms with Gasteiger partial charge >= 0.3 is 0 Å². The Labute approximate surface area is 131 Å². The molecule has 0 spiro atoms. The van der Waals surface area contributed by atoms with E-state index in [2.05, 4.69) is 21.2 Å². The van der Waals surface area contributed by atoms with Gasteiger partial charge in [0.15, 0.2) is 9.84 Å². The maximum absolute atomic E-state index is 12.2. The Balaban J connectivity index is 2.33. The molecule has 0 aliphatic rings. The van der Waals surface area contributed by atoms with Gasteiger partial charge in [-0.1, -0.05) is 22.0 Å². The first-order valence-corrected chi connectivity index (χ1v) is 8.62. The zero-order chi connectivity index (χ0) is 15.6. The highest BCUT2D eigenvalue weighted by Crippen LogP contribution is 2.20. The first kappa shape index (κ1) is 15.5. The van der Waals surface area contributed by atoms with Gasteiger partial charge in [0.1, 0.15) is 0 Å². The quantitative estimate of drug-likeness (QED) is 0.815. The number of nitrogens with two attached hydrogens (primary N) is 1. The third-order valence-electron chi connectivity index (χ3n) is 2.70. The molecule has 2 aromatic carbocycles. The Bertz CT molecular complexity index is 804. The standard InChI is InChI=1S/C14H13BrN2O3S/c1-21(19,20)13-6-9(5-11(16)8-13)14(18)17-12-4-2-3-10(15)7-12/h2-8H,16H2,1H3,(H,17,18). The average molecular weight is 369 g/mol. The molecule has 2 aromatic rings. The molecule has 0 radical (unpaired) electrons. The highest BCUT2D eigenvalue weighted by atomic mass is 79.9. The van der Waals surface area contributed by atoms with E-state index in [1.807, 2.05) is 6.07 Å². The van der Waals surface area contributed by atoms with Crippen molar-refractivity contribution < 1.29 is 13.2 Å². The third kappa shape index (κ3) is 4.05. The van der Waals surface area contributed by atoms with Gasteiger partial charge in [-0.3, -0.25) is 4.79 Å². The van der Waals surface area contributed by atoms with Gasteiger partial charge in [-0.25, -0.2) is 8.42 Å². The van der Waals surface area contributed by atoms with Crippen molar-refractivity contribution in [1.82, 2.24) is 0 Å². The van der Waals surface area contributed by atoms with E-state index in [9.17, 15) is 13.2 Å². The molecular formula is C14H13BrN2O3S. The number of rotatable bonds is 3. The molecule has 2 rings (SSSR count). The maximum Gasteiger partial charge on any atom is 0.255 e. The summed E-state index contributed by atoms with van der Waals surface area (Å²) in [7, 11) is -3.43. The topological polar surface area (TPSA) is 89.3 Å². The first-order chi connectivity index (χ1) is 9.75. The number of halogens is 1. The SMILES string of the molecule is CS(=O)(=O)c1cc(N)cc(C(=O)Nc2cccc(Br)c2)c1. The van der Waals surface area contributed by atoms with Gasteiger partial charge in [0.2, 0.25) is 0 Å². The number of nitrogen functional groups attached to an aromatic ring is 1. The van der Waals surface area contributed by atoms with Crippen LogP contribution in [0.1, 0.15) is 10.4 Å². The van der Waals surface area contributed by atoms with Crippen molar-refractivity contribution in [1.29, 1.82) is 0 Å². The van der Waals surface area contributed by atoms with Crippen molar-refractivity contribution in [2.24, 2.45) is 0 Å². The molecular weight excluding hydrogens is 356 g/mol. The molecule has 5 nitrogen and oxygen atoms in total. The van der Waals surface area contributed by atoms with Crippen LogP contribution >= 0.6 is 15.9 Å².